The average Bonchev–Trinajstić information content (AvgIpc) is 2.73. The number of aromatic nitrogens is 2. The number of hydrogen-bond donors (Lipinski definition) is 1. The molecule has 0 aromatic carbocycles. The maximum atomic E-state index is 4.48. The van der Waals surface area contributed by atoms with Crippen molar-refractivity contribution in [3.05, 3.63) is 10.8 Å². The van der Waals surface area contributed by atoms with Gasteiger partial charge in [-0.2, -0.15) is 0 Å². The van der Waals surface area contributed by atoms with Gasteiger partial charge in [-0.1, -0.05) is 6.92 Å². The van der Waals surface area contributed by atoms with Crippen LogP contribution in [0.2, 0.25) is 0 Å². The molecule has 1 fully saturated rings. The van der Waals surface area contributed by atoms with Gasteiger partial charge >= 0.3 is 0 Å². The third-order valence-electron chi connectivity index (χ3n) is 3.62. The predicted molar refractivity (Wildman–Crippen MR) is 79.1 cm³/mol. The molecule has 1 aliphatic heterocycles. The molecule has 1 aromatic rings. The average molecular weight is 313 g/mol. The van der Waals surface area contributed by atoms with Gasteiger partial charge in [0.25, 0.3) is 0 Å². The zero-order valence-electron chi connectivity index (χ0n) is 11.3. The van der Waals surface area contributed by atoms with Gasteiger partial charge in [-0.05, 0) is 49.0 Å². The Morgan fingerprint density at radius 2 is 2.17 bits per heavy atom. The first-order valence-corrected chi connectivity index (χ1v) is 7.51. The highest BCUT2D eigenvalue weighted by Crippen LogP contribution is 2.37. The maximum Gasteiger partial charge on any atom is 0.149 e. The Bertz CT molecular complexity index is 410. The molecule has 1 aromatic heterocycles. The normalized spacial score (nSPS) is 23.4. The van der Waals surface area contributed by atoms with Gasteiger partial charge in [0.1, 0.15) is 22.4 Å². The van der Waals surface area contributed by atoms with Crippen LogP contribution in [0.25, 0.3) is 0 Å². The molecule has 0 saturated carbocycles. The summed E-state index contributed by atoms with van der Waals surface area (Å²) >= 11 is 3.65. The SMILES string of the molecule is CCNc1ncnc(N2C(C)CCC2CC)c1Br. The van der Waals surface area contributed by atoms with E-state index in [0.29, 0.717) is 12.1 Å². The first-order chi connectivity index (χ1) is 8.69. The standard InChI is InChI=1S/C13H21BrN4/c1-4-10-7-6-9(3)18(10)13-11(14)12(15-5-2)16-8-17-13/h8-10H,4-7H2,1-3H3,(H,15,16,17). The van der Waals surface area contributed by atoms with Crippen LogP contribution in [0, 0.1) is 0 Å². The third-order valence-corrected chi connectivity index (χ3v) is 4.35. The van der Waals surface area contributed by atoms with E-state index in [4.69, 9.17) is 0 Å². The second-order valence-electron chi connectivity index (χ2n) is 4.79. The lowest BCUT2D eigenvalue weighted by molar-refractivity contribution is 0.619. The molecule has 2 unspecified atom stereocenters. The number of rotatable bonds is 4. The van der Waals surface area contributed by atoms with Gasteiger partial charge in [0.15, 0.2) is 0 Å². The fourth-order valence-electron chi connectivity index (χ4n) is 2.69. The van der Waals surface area contributed by atoms with Crippen LogP contribution in [0.1, 0.15) is 40.0 Å². The zero-order valence-corrected chi connectivity index (χ0v) is 12.9. The molecule has 0 spiro atoms. The van der Waals surface area contributed by atoms with Gasteiger partial charge in [0.2, 0.25) is 0 Å². The van der Waals surface area contributed by atoms with Crippen LogP contribution in [0.3, 0.4) is 0 Å². The summed E-state index contributed by atoms with van der Waals surface area (Å²) in [6.07, 6.45) is 5.31. The zero-order chi connectivity index (χ0) is 13.1. The molecule has 0 aliphatic carbocycles. The second kappa shape index (κ2) is 5.87. The quantitative estimate of drug-likeness (QED) is 0.924. The van der Waals surface area contributed by atoms with Crippen molar-refractivity contribution < 1.29 is 0 Å². The molecule has 0 radical (unpaired) electrons. The Morgan fingerprint density at radius 3 is 2.83 bits per heavy atom. The monoisotopic (exact) mass is 312 g/mol. The van der Waals surface area contributed by atoms with Crippen molar-refractivity contribution in [2.75, 3.05) is 16.8 Å². The smallest absolute Gasteiger partial charge is 0.149 e. The number of nitrogens with zero attached hydrogens (tertiary/aromatic N) is 3. The summed E-state index contributed by atoms with van der Waals surface area (Å²) in [5, 5.41) is 3.26. The molecule has 100 valence electrons. The van der Waals surface area contributed by atoms with E-state index in [1.165, 1.54) is 12.8 Å². The molecule has 2 atom stereocenters. The summed E-state index contributed by atoms with van der Waals surface area (Å²) in [6.45, 7) is 7.45. The third kappa shape index (κ3) is 2.46. The van der Waals surface area contributed by atoms with Gasteiger partial charge in [0, 0.05) is 18.6 Å². The molecule has 1 saturated heterocycles. The Hall–Kier alpha value is -0.840. The van der Waals surface area contributed by atoms with Crippen molar-refractivity contribution in [2.45, 2.75) is 52.1 Å². The molecular formula is C13H21BrN4. The summed E-state index contributed by atoms with van der Waals surface area (Å²) in [4.78, 5) is 11.2. The van der Waals surface area contributed by atoms with E-state index in [1.807, 2.05) is 0 Å². The fraction of sp³-hybridized carbons (Fsp3) is 0.692. The highest BCUT2D eigenvalue weighted by molar-refractivity contribution is 9.10. The van der Waals surface area contributed by atoms with Crippen LogP contribution < -0.4 is 10.2 Å². The van der Waals surface area contributed by atoms with Crippen molar-refractivity contribution in [3.8, 4) is 0 Å². The molecule has 18 heavy (non-hydrogen) atoms. The van der Waals surface area contributed by atoms with Crippen LogP contribution in [0.15, 0.2) is 10.8 Å². The highest BCUT2D eigenvalue weighted by atomic mass is 79.9. The van der Waals surface area contributed by atoms with E-state index < -0.39 is 0 Å². The Kier molecular flexibility index (Phi) is 4.43. The van der Waals surface area contributed by atoms with Crippen molar-refractivity contribution in [1.82, 2.24) is 9.97 Å². The van der Waals surface area contributed by atoms with Crippen molar-refractivity contribution in [3.63, 3.8) is 0 Å². The number of hydrogen-bond acceptors (Lipinski definition) is 4. The molecule has 2 heterocycles. The largest absolute Gasteiger partial charge is 0.369 e. The van der Waals surface area contributed by atoms with Gasteiger partial charge in [-0.15, -0.1) is 0 Å². The van der Waals surface area contributed by atoms with Gasteiger partial charge in [0.05, 0.1) is 0 Å². The van der Waals surface area contributed by atoms with Crippen molar-refractivity contribution in [2.24, 2.45) is 0 Å². The number of halogens is 1. The first-order valence-electron chi connectivity index (χ1n) is 6.71. The highest BCUT2D eigenvalue weighted by Gasteiger charge is 2.32. The minimum atomic E-state index is 0.552. The van der Waals surface area contributed by atoms with E-state index in [-0.39, 0.29) is 0 Å². The van der Waals surface area contributed by atoms with Crippen molar-refractivity contribution >= 4 is 27.6 Å². The minimum Gasteiger partial charge on any atom is -0.369 e. The predicted octanol–water partition coefficient (Wildman–Crippen LogP) is 3.44. The van der Waals surface area contributed by atoms with Crippen LogP contribution >= 0.6 is 15.9 Å². The van der Waals surface area contributed by atoms with Gasteiger partial charge in [-0.3, -0.25) is 0 Å². The lowest BCUT2D eigenvalue weighted by Gasteiger charge is -2.30. The Morgan fingerprint density at radius 1 is 1.39 bits per heavy atom. The van der Waals surface area contributed by atoms with E-state index in [1.54, 1.807) is 6.33 Å². The fourth-order valence-corrected chi connectivity index (χ4v) is 3.24. The van der Waals surface area contributed by atoms with Crippen molar-refractivity contribution in [1.29, 1.82) is 0 Å². The molecule has 0 amide bonds. The van der Waals surface area contributed by atoms with E-state index in [2.05, 4.69) is 56.9 Å². The molecule has 1 N–H and O–H groups in total. The van der Waals surface area contributed by atoms with E-state index in [0.717, 1.165) is 29.1 Å². The first kappa shape index (κ1) is 13.6. The van der Waals surface area contributed by atoms with Gasteiger partial charge < -0.3 is 10.2 Å². The summed E-state index contributed by atoms with van der Waals surface area (Å²) in [6, 6.07) is 1.15. The molecule has 1 aliphatic rings. The summed E-state index contributed by atoms with van der Waals surface area (Å²) in [7, 11) is 0. The van der Waals surface area contributed by atoms with E-state index >= 15 is 0 Å². The van der Waals surface area contributed by atoms with Crippen LogP contribution in [0.5, 0.6) is 0 Å². The Balaban J connectivity index is 2.34. The van der Waals surface area contributed by atoms with Crippen LogP contribution in [-0.4, -0.2) is 28.6 Å². The second-order valence-corrected chi connectivity index (χ2v) is 5.58. The van der Waals surface area contributed by atoms with E-state index in [9.17, 15) is 0 Å². The number of nitrogens with one attached hydrogen (secondary N) is 1. The van der Waals surface area contributed by atoms with Crippen LogP contribution in [0.4, 0.5) is 11.6 Å². The lowest BCUT2D eigenvalue weighted by atomic mass is 10.1. The summed E-state index contributed by atoms with van der Waals surface area (Å²) in [5.74, 6) is 1.91. The van der Waals surface area contributed by atoms with Crippen LogP contribution in [-0.2, 0) is 0 Å². The summed E-state index contributed by atoms with van der Waals surface area (Å²) in [5.41, 5.74) is 0. The molecule has 0 bridgehead atoms. The molecule has 2 rings (SSSR count). The lowest BCUT2D eigenvalue weighted by Crippen LogP contribution is -2.35. The molecule has 4 nitrogen and oxygen atoms in total. The maximum absolute atomic E-state index is 4.48. The molecule has 5 heteroatoms. The minimum absolute atomic E-state index is 0.552. The van der Waals surface area contributed by atoms with Gasteiger partial charge in [-0.25, -0.2) is 9.97 Å². The number of anilines is 2. The molecular weight excluding hydrogens is 292 g/mol. The summed E-state index contributed by atoms with van der Waals surface area (Å²) < 4.78 is 0.985. The topological polar surface area (TPSA) is 41.1 Å². The Labute approximate surface area is 117 Å².